The molecule has 426 valence electrons. The van der Waals surface area contributed by atoms with Crippen molar-refractivity contribution in [2.24, 2.45) is 10.6 Å². The maximum Gasteiger partial charge on any atom is 0.409 e. The molecule has 12 rings (SSSR count). The topological polar surface area (TPSA) is 152 Å². The smallest absolute Gasteiger partial charge is 0.409 e. The van der Waals surface area contributed by atoms with Gasteiger partial charge >= 0.3 is 12.1 Å². The van der Waals surface area contributed by atoms with Crippen molar-refractivity contribution >= 4 is 57.8 Å². The van der Waals surface area contributed by atoms with E-state index in [1.807, 2.05) is 206 Å². The molecule has 3 amide bonds. The van der Waals surface area contributed by atoms with Crippen LogP contribution in [-0.4, -0.2) is 87.8 Å². The lowest BCUT2D eigenvalue weighted by molar-refractivity contribution is -0.168. The highest BCUT2D eigenvalue weighted by Gasteiger charge is 2.59. The van der Waals surface area contributed by atoms with Crippen LogP contribution in [0.25, 0.3) is 0 Å². The number of ether oxygens (including phenoxy) is 2. The number of rotatable bonds is 19. The number of hydrogen-bond donors (Lipinski definition) is 2. The minimum atomic E-state index is -1.46. The lowest BCUT2D eigenvalue weighted by atomic mass is 9.77. The van der Waals surface area contributed by atoms with Crippen LogP contribution in [0.5, 0.6) is 0 Å². The van der Waals surface area contributed by atoms with Crippen LogP contribution in [0.15, 0.2) is 253 Å². The van der Waals surface area contributed by atoms with Crippen LogP contribution in [-0.2, 0) is 39.8 Å². The molecule has 3 fully saturated rings. The van der Waals surface area contributed by atoms with E-state index in [4.69, 9.17) is 24.5 Å². The maximum atomic E-state index is 15.5. The molecule has 13 nitrogen and oxygen atoms in total. The lowest BCUT2D eigenvalue weighted by Crippen LogP contribution is -2.74. The van der Waals surface area contributed by atoms with Crippen molar-refractivity contribution in [3.8, 4) is 0 Å². The predicted octanol–water partition coefficient (Wildman–Crippen LogP) is 12.6. The molecule has 9 aromatic rings. The zero-order chi connectivity index (χ0) is 58.1. The van der Waals surface area contributed by atoms with Crippen molar-refractivity contribution in [1.82, 2.24) is 20.1 Å². The quantitative estimate of drug-likeness (QED) is 0.0263. The fourth-order valence-electron chi connectivity index (χ4n) is 11.7. The van der Waals surface area contributed by atoms with E-state index in [-0.39, 0.29) is 30.3 Å². The second kappa shape index (κ2) is 25.3. The molecule has 0 spiro atoms. The third kappa shape index (κ3) is 11.4. The van der Waals surface area contributed by atoms with Gasteiger partial charge in [-0.25, -0.2) is 9.78 Å². The van der Waals surface area contributed by atoms with Crippen molar-refractivity contribution in [3.05, 3.63) is 298 Å². The van der Waals surface area contributed by atoms with Gasteiger partial charge in [0.15, 0.2) is 16.9 Å². The van der Waals surface area contributed by atoms with Crippen LogP contribution in [0, 0.1) is 5.41 Å². The second-order valence-electron chi connectivity index (χ2n) is 21.4. The number of oxime groups is 1. The molecule has 3 saturated heterocycles. The molecule has 3 atom stereocenters. The number of aromatic nitrogens is 1. The van der Waals surface area contributed by atoms with E-state index in [2.05, 4.69) is 47.0 Å². The number of esters is 1. The number of thiazole rings is 1. The number of anilines is 1. The minimum Gasteiger partial charge on any atom is -0.452 e. The van der Waals surface area contributed by atoms with E-state index < -0.39 is 58.0 Å². The first-order chi connectivity index (χ1) is 41.8. The van der Waals surface area contributed by atoms with Gasteiger partial charge in [-0.15, -0.1) is 23.1 Å². The summed E-state index contributed by atoms with van der Waals surface area (Å²) in [6.07, 6.45) is 1.43. The standard InChI is InChI=1S/C70H62N6O7S2/c77-62(72-60-63(78)76-47-68(49-85-64(60)76,48-81-67(80)75-44-26-9-27-45-75)65(79)82-61(50-28-10-1-11-29-50)51-30-12-2-13-31-51)59(74-83-70(55-38-20-6-21-39-55,56-40-22-7-23-41-56)57-42-24-8-25-43-57)58-46-84-66(71-58)73-69(52-32-14-3-15-33-52,53-34-16-4-17-35-53)54-36-18-5-19-37-54/h1-8,10-25,28-43,46,60-61,64H,9,26-27,44-45,47-49H2,(H,71,73)(H,72,77)/t60?,64-,68?/m1/s1. The molecular weight excluding hydrogens is 1100 g/mol. The number of thioether (sulfide) groups is 1. The number of benzene rings is 8. The number of β-lactam (4-membered cyclic amide) rings is 1. The molecule has 0 bridgehead atoms. The Morgan fingerprint density at radius 1 is 0.612 bits per heavy atom. The van der Waals surface area contributed by atoms with Crippen LogP contribution < -0.4 is 10.6 Å². The van der Waals surface area contributed by atoms with Gasteiger partial charge in [0.2, 0.25) is 11.5 Å². The Morgan fingerprint density at radius 2 is 1.06 bits per heavy atom. The number of nitrogens with zero attached hydrogens (tertiary/aromatic N) is 4. The molecule has 2 N–H and O–H groups in total. The largest absolute Gasteiger partial charge is 0.452 e. The fraction of sp³-hybridized carbons (Fsp3) is 0.200. The zero-order valence-corrected chi connectivity index (χ0v) is 48.2. The zero-order valence-electron chi connectivity index (χ0n) is 46.5. The molecule has 2 unspecified atom stereocenters. The van der Waals surface area contributed by atoms with Crippen LogP contribution in [0.2, 0.25) is 0 Å². The van der Waals surface area contributed by atoms with Gasteiger partial charge in [-0.1, -0.05) is 248 Å². The summed E-state index contributed by atoms with van der Waals surface area (Å²) in [5, 5.41) is 13.4. The number of piperidine rings is 1. The molecule has 4 heterocycles. The first kappa shape index (κ1) is 56.2. The van der Waals surface area contributed by atoms with Gasteiger partial charge in [0.05, 0.1) is 0 Å². The summed E-state index contributed by atoms with van der Waals surface area (Å²) in [6, 6.07) is 77.5. The van der Waals surface area contributed by atoms with E-state index in [1.54, 1.807) is 15.2 Å². The number of hydrogen-bond acceptors (Lipinski definition) is 12. The number of carbonyl (C=O) groups is 4. The Hall–Kier alpha value is -9.31. The summed E-state index contributed by atoms with van der Waals surface area (Å²) < 4.78 is 12.5. The van der Waals surface area contributed by atoms with E-state index in [0.29, 0.717) is 18.2 Å². The molecule has 0 radical (unpaired) electrons. The third-order valence-electron chi connectivity index (χ3n) is 16.1. The van der Waals surface area contributed by atoms with Crippen LogP contribution in [0.4, 0.5) is 9.93 Å². The van der Waals surface area contributed by atoms with Crippen molar-refractivity contribution in [3.63, 3.8) is 0 Å². The van der Waals surface area contributed by atoms with Crippen molar-refractivity contribution in [1.29, 1.82) is 0 Å². The molecule has 1 aromatic heterocycles. The monoisotopic (exact) mass is 1160 g/mol. The molecule has 8 aromatic carbocycles. The minimum absolute atomic E-state index is 0.112. The molecular formula is C70H62N6O7S2. The van der Waals surface area contributed by atoms with E-state index in [0.717, 1.165) is 63.8 Å². The lowest BCUT2D eigenvalue weighted by Gasteiger charge is -2.54. The summed E-state index contributed by atoms with van der Waals surface area (Å²) >= 11 is 2.62. The first-order valence-corrected chi connectivity index (χ1v) is 30.5. The molecule has 85 heavy (non-hydrogen) atoms. The summed E-state index contributed by atoms with van der Waals surface area (Å²) in [6.45, 7) is 0.668. The first-order valence-electron chi connectivity index (χ1n) is 28.5. The summed E-state index contributed by atoms with van der Waals surface area (Å²) in [5.74, 6) is -1.64. The van der Waals surface area contributed by atoms with Gasteiger partial charge in [-0.3, -0.25) is 14.4 Å². The van der Waals surface area contributed by atoms with Crippen LogP contribution in [0.3, 0.4) is 0 Å². The van der Waals surface area contributed by atoms with Crippen LogP contribution >= 0.6 is 23.1 Å². The fourth-order valence-corrected chi connectivity index (χ4v) is 13.9. The highest BCUT2D eigenvalue weighted by molar-refractivity contribution is 8.00. The third-order valence-corrected chi connectivity index (χ3v) is 18.4. The number of amides is 3. The SMILES string of the molecule is O=C(NC1C(=O)N2CC(COC(=O)N3CCCCC3)(C(=O)OC(c3ccccc3)c3ccccc3)CS[C@H]12)C(=NOC(c1ccccc1)(c1ccccc1)c1ccccc1)c1csc(NC(c2ccccc2)(c2ccccc2)c2ccccc2)n1. The number of carbonyl (C=O) groups excluding carboxylic acids is 4. The molecule has 0 saturated carbocycles. The Kier molecular flexibility index (Phi) is 16.7. The van der Waals surface area contributed by atoms with Gasteiger partial charge in [0.1, 0.15) is 34.7 Å². The number of likely N-dealkylation sites (tertiary alicyclic amines) is 1. The van der Waals surface area contributed by atoms with Crippen molar-refractivity contribution in [2.45, 2.75) is 47.9 Å². The van der Waals surface area contributed by atoms with E-state index in [1.165, 1.54) is 23.1 Å². The average molecular weight is 1160 g/mol. The van der Waals surface area contributed by atoms with E-state index >= 15 is 9.59 Å². The van der Waals surface area contributed by atoms with Crippen molar-refractivity contribution < 1.29 is 33.5 Å². The number of fused-ring (bicyclic) bond motifs is 1. The Labute approximate surface area is 502 Å². The summed E-state index contributed by atoms with van der Waals surface area (Å²) in [5.41, 5.74) is 2.86. The Morgan fingerprint density at radius 3 is 1.53 bits per heavy atom. The predicted molar refractivity (Wildman–Crippen MR) is 332 cm³/mol. The van der Waals surface area contributed by atoms with Crippen LogP contribution in [0.1, 0.15) is 75.6 Å². The molecule has 15 heteroatoms. The van der Waals surface area contributed by atoms with Gasteiger partial charge < -0.3 is 34.7 Å². The molecule has 3 aliphatic rings. The summed E-state index contributed by atoms with van der Waals surface area (Å²) in [4.78, 5) is 74.5. The van der Waals surface area contributed by atoms with Gasteiger partial charge in [0, 0.05) is 47.5 Å². The molecule has 3 aliphatic heterocycles. The van der Waals surface area contributed by atoms with E-state index in [9.17, 15) is 9.59 Å². The number of nitrogens with one attached hydrogen (secondary N) is 2. The Balaban J connectivity index is 0.896. The van der Waals surface area contributed by atoms with Gasteiger partial charge in [0.25, 0.3) is 5.91 Å². The van der Waals surface area contributed by atoms with Gasteiger partial charge in [-0.2, -0.15) is 0 Å². The highest BCUT2D eigenvalue weighted by Crippen LogP contribution is 2.46. The Bertz CT molecular complexity index is 3520. The average Bonchev–Trinajstić information content (AvgIpc) is 3.55. The summed E-state index contributed by atoms with van der Waals surface area (Å²) in [7, 11) is 0. The van der Waals surface area contributed by atoms with Crippen molar-refractivity contribution in [2.75, 3.05) is 37.3 Å². The maximum absolute atomic E-state index is 15.5. The molecule has 0 aliphatic carbocycles. The second-order valence-corrected chi connectivity index (χ2v) is 23.4. The highest BCUT2D eigenvalue weighted by atomic mass is 32.2. The van der Waals surface area contributed by atoms with Gasteiger partial charge in [-0.05, 0) is 47.1 Å². The normalized spacial score (nSPS) is 17.9.